The van der Waals surface area contributed by atoms with Gasteiger partial charge in [-0.25, -0.2) is 0 Å². The highest BCUT2D eigenvalue weighted by atomic mass is 15.2. The summed E-state index contributed by atoms with van der Waals surface area (Å²) in [4.78, 5) is 0. The Bertz CT molecular complexity index is 341. The molecule has 1 saturated carbocycles. The summed E-state index contributed by atoms with van der Waals surface area (Å²) in [6.45, 7) is 5.71. The Morgan fingerprint density at radius 3 is 3.00 bits per heavy atom. The van der Waals surface area contributed by atoms with Crippen LogP contribution in [0.2, 0.25) is 0 Å². The van der Waals surface area contributed by atoms with Crippen LogP contribution < -0.4 is 5.32 Å². The highest BCUT2D eigenvalue weighted by Crippen LogP contribution is 2.35. The highest BCUT2D eigenvalue weighted by Gasteiger charge is 2.27. The maximum Gasteiger partial charge on any atom is 0.0534 e. The van der Waals surface area contributed by atoms with Gasteiger partial charge in [0.2, 0.25) is 0 Å². The number of nitrogens with zero attached hydrogens (tertiary/aromatic N) is 2. The molecule has 0 aliphatic heterocycles. The first-order valence-electron chi connectivity index (χ1n) is 6.26. The first kappa shape index (κ1) is 11.6. The van der Waals surface area contributed by atoms with E-state index in [0.29, 0.717) is 11.5 Å². The Kier molecular flexibility index (Phi) is 3.33. The summed E-state index contributed by atoms with van der Waals surface area (Å²) >= 11 is 0. The lowest BCUT2D eigenvalue weighted by Gasteiger charge is -2.35. The molecule has 1 N–H and O–H groups in total. The molecule has 3 nitrogen and oxygen atoms in total. The lowest BCUT2D eigenvalue weighted by Crippen LogP contribution is -2.36. The van der Waals surface area contributed by atoms with Crippen molar-refractivity contribution in [3.05, 3.63) is 18.0 Å². The SMILES string of the molecule is Cn1cc(CNC2CCCC(C)(C)C2)cn1. The van der Waals surface area contributed by atoms with Crippen molar-refractivity contribution in [3.63, 3.8) is 0 Å². The van der Waals surface area contributed by atoms with Gasteiger partial charge in [0.1, 0.15) is 0 Å². The minimum atomic E-state index is 0.519. The average Bonchev–Trinajstić information content (AvgIpc) is 2.60. The van der Waals surface area contributed by atoms with Gasteiger partial charge in [0.15, 0.2) is 0 Å². The number of rotatable bonds is 3. The van der Waals surface area contributed by atoms with E-state index in [4.69, 9.17) is 0 Å². The van der Waals surface area contributed by atoms with Crippen LogP contribution >= 0.6 is 0 Å². The number of nitrogens with one attached hydrogen (secondary N) is 1. The maximum absolute atomic E-state index is 4.19. The highest BCUT2D eigenvalue weighted by molar-refractivity contribution is 5.03. The number of hydrogen-bond acceptors (Lipinski definition) is 2. The molecule has 0 spiro atoms. The maximum atomic E-state index is 4.19. The van der Waals surface area contributed by atoms with Crippen LogP contribution in [-0.2, 0) is 13.6 Å². The van der Waals surface area contributed by atoms with Gasteiger partial charge >= 0.3 is 0 Å². The molecule has 1 heterocycles. The van der Waals surface area contributed by atoms with Crippen molar-refractivity contribution in [1.29, 1.82) is 0 Å². The molecule has 2 rings (SSSR count). The van der Waals surface area contributed by atoms with Gasteiger partial charge in [-0.2, -0.15) is 5.10 Å². The van der Waals surface area contributed by atoms with E-state index in [-0.39, 0.29) is 0 Å². The Labute approximate surface area is 98.2 Å². The molecule has 0 aromatic carbocycles. The summed E-state index contributed by atoms with van der Waals surface area (Å²) in [6, 6.07) is 0.684. The van der Waals surface area contributed by atoms with Crippen molar-refractivity contribution < 1.29 is 0 Å². The van der Waals surface area contributed by atoms with Gasteiger partial charge < -0.3 is 5.32 Å². The largest absolute Gasteiger partial charge is 0.310 e. The molecular formula is C13H23N3. The van der Waals surface area contributed by atoms with Gasteiger partial charge in [0.25, 0.3) is 0 Å². The van der Waals surface area contributed by atoms with E-state index in [1.165, 1.54) is 31.2 Å². The zero-order chi connectivity index (χ0) is 11.6. The van der Waals surface area contributed by atoms with Gasteiger partial charge in [0.05, 0.1) is 6.20 Å². The van der Waals surface area contributed by atoms with E-state index in [2.05, 4.69) is 30.5 Å². The van der Waals surface area contributed by atoms with Crippen molar-refractivity contribution in [2.24, 2.45) is 12.5 Å². The molecule has 0 bridgehead atoms. The molecular weight excluding hydrogens is 198 g/mol. The lowest BCUT2D eigenvalue weighted by molar-refractivity contribution is 0.198. The molecule has 0 amide bonds. The third-order valence-corrected chi connectivity index (χ3v) is 3.56. The van der Waals surface area contributed by atoms with E-state index < -0.39 is 0 Å². The second-order valence-electron chi connectivity index (χ2n) is 5.86. The van der Waals surface area contributed by atoms with Crippen molar-refractivity contribution >= 4 is 0 Å². The van der Waals surface area contributed by atoms with Crippen LogP contribution in [0, 0.1) is 5.41 Å². The molecule has 16 heavy (non-hydrogen) atoms. The molecule has 3 heteroatoms. The second kappa shape index (κ2) is 4.58. The molecule has 1 aliphatic rings. The van der Waals surface area contributed by atoms with Crippen LogP contribution in [0.5, 0.6) is 0 Å². The Hall–Kier alpha value is -0.830. The average molecular weight is 221 g/mol. The normalized spacial score (nSPS) is 24.6. The quantitative estimate of drug-likeness (QED) is 0.850. The fourth-order valence-electron chi connectivity index (χ4n) is 2.70. The summed E-state index contributed by atoms with van der Waals surface area (Å²) in [5.41, 5.74) is 1.80. The summed E-state index contributed by atoms with van der Waals surface area (Å²) in [6.07, 6.45) is 9.38. The van der Waals surface area contributed by atoms with Gasteiger partial charge in [-0.3, -0.25) is 4.68 Å². The molecule has 0 saturated heterocycles. The van der Waals surface area contributed by atoms with Gasteiger partial charge in [-0.1, -0.05) is 20.3 Å². The fourth-order valence-corrected chi connectivity index (χ4v) is 2.70. The minimum Gasteiger partial charge on any atom is -0.310 e. The van der Waals surface area contributed by atoms with Gasteiger partial charge in [-0.15, -0.1) is 0 Å². The molecule has 1 fully saturated rings. The number of aromatic nitrogens is 2. The zero-order valence-corrected chi connectivity index (χ0v) is 10.7. The Morgan fingerprint density at radius 2 is 2.38 bits per heavy atom. The number of hydrogen-bond donors (Lipinski definition) is 1. The Morgan fingerprint density at radius 1 is 1.56 bits per heavy atom. The monoisotopic (exact) mass is 221 g/mol. The lowest BCUT2D eigenvalue weighted by atomic mass is 9.75. The van der Waals surface area contributed by atoms with E-state index in [0.717, 1.165) is 6.54 Å². The number of aryl methyl sites for hydroxylation is 1. The smallest absolute Gasteiger partial charge is 0.0534 e. The van der Waals surface area contributed by atoms with Crippen LogP contribution in [0.4, 0.5) is 0 Å². The van der Waals surface area contributed by atoms with Crippen molar-refractivity contribution in [1.82, 2.24) is 15.1 Å². The predicted molar refractivity (Wildman–Crippen MR) is 66.1 cm³/mol. The third-order valence-electron chi connectivity index (χ3n) is 3.56. The summed E-state index contributed by atoms with van der Waals surface area (Å²) in [5, 5.41) is 7.84. The van der Waals surface area contributed by atoms with Gasteiger partial charge in [-0.05, 0) is 24.7 Å². The first-order valence-corrected chi connectivity index (χ1v) is 6.26. The van der Waals surface area contributed by atoms with Crippen LogP contribution in [0.15, 0.2) is 12.4 Å². The van der Waals surface area contributed by atoms with Crippen LogP contribution in [-0.4, -0.2) is 15.8 Å². The molecule has 90 valence electrons. The van der Waals surface area contributed by atoms with Gasteiger partial charge in [0, 0.05) is 31.4 Å². The van der Waals surface area contributed by atoms with E-state index >= 15 is 0 Å². The van der Waals surface area contributed by atoms with Crippen molar-refractivity contribution in [3.8, 4) is 0 Å². The second-order valence-corrected chi connectivity index (χ2v) is 5.86. The predicted octanol–water partition coefficient (Wildman–Crippen LogP) is 2.48. The molecule has 1 aliphatic carbocycles. The summed E-state index contributed by atoms with van der Waals surface area (Å²) < 4.78 is 1.86. The third kappa shape index (κ3) is 3.08. The minimum absolute atomic E-state index is 0.519. The van der Waals surface area contributed by atoms with Crippen LogP contribution in [0.1, 0.15) is 45.1 Å². The van der Waals surface area contributed by atoms with Crippen LogP contribution in [0.3, 0.4) is 0 Å². The molecule has 1 aromatic heterocycles. The van der Waals surface area contributed by atoms with Crippen molar-refractivity contribution in [2.45, 2.75) is 52.1 Å². The van der Waals surface area contributed by atoms with E-state index in [1.807, 2.05) is 17.9 Å². The van der Waals surface area contributed by atoms with Crippen LogP contribution in [0.25, 0.3) is 0 Å². The molecule has 1 aromatic rings. The molecule has 1 atom stereocenters. The fraction of sp³-hybridized carbons (Fsp3) is 0.769. The summed E-state index contributed by atoms with van der Waals surface area (Å²) in [5.74, 6) is 0. The molecule has 1 unspecified atom stereocenters. The van der Waals surface area contributed by atoms with Crippen molar-refractivity contribution in [2.75, 3.05) is 0 Å². The Balaban J connectivity index is 1.82. The first-order chi connectivity index (χ1) is 7.55. The van der Waals surface area contributed by atoms with E-state index in [9.17, 15) is 0 Å². The zero-order valence-electron chi connectivity index (χ0n) is 10.7. The van der Waals surface area contributed by atoms with E-state index in [1.54, 1.807) is 0 Å². The molecule has 0 radical (unpaired) electrons. The topological polar surface area (TPSA) is 29.9 Å². The summed E-state index contributed by atoms with van der Waals surface area (Å²) in [7, 11) is 1.97. The standard InChI is InChI=1S/C13H23N3/c1-13(2)6-4-5-12(7-13)14-8-11-9-15-16(3)10-11/h9-10,12,14H,4-8H2,1-3H3.